The topological polar surface area (TPSA) is 307 Å². The molecule has 0 bridgehead atoms. The number of allylic oxidation sites excluding steroid dienone is 5. The highest BCUT2D eigenvalue weighted by Gasteiger charge is 2.53. The molecule has 3 saturated heterocycles. The summed E-state index contributed by atoms with van der Waals surface area (Å²) < 4.78 is 34.3. The smallest absolute Gasteiger partial charge is 0.220 e. The van der Waals surface area contributed by atoms with Gasteiger partial charge in [-0.3, -0.25) is 4.79 Å². The predicted octanol–water partition coefficient (Wildman–Crippen LogP) is 8.44. The fraction of sp³-hybridized carbons (Fsp3) is 0.896. The van der Waals surface area contributed by atoms with Crippen LogP contribution in [-0.4, -0.2) is 193 Å². The maximum atomic E-state index is 13.4. The first kappa shape index (κ1) is 78.3. The van der Waals surface area contributed by atoms with E-state index in [0.29, 0.717) is 12.8 Å². The number of hydrogen-bond acceptors (Lipinski definition) is 18. The lowest BCUT2D eigenvalue weighted by Crippen LogP contribution is -2.66. The molecule has 0 saturated carbocycles. The Morgan fingerprint density at radius 3 is 1.16 bits per heavy atom. The summed E-state index contributed by atoms with van der Waals surface area (Å²) in [6.45, 7) is 1.73. The molecule has 3 rings (SSSR count). The molecule has 0 aromatic rings. The number of nitrogens with one attached hydrogen (secondary N) is 1. The van der Waals surface area contributed by atoms with E-state index in [4.69, 9.17) is 28.4 Å². The molecule has 0 aliphatic carbocycles. The highest BCUT2D eigenvalue weighted by molar-refractivity contribution is 5.76. The van der Waals surface area contributed by atoms with Crippen LogP contribution >= 0.6 is 0 Å². The van der Waals surface area contributed by atoms with Crippen LogP contribution in [0.15, 0.2) is 36.5 Å². The molecule has 3 aliphatic heterocycles. The molecule has 3 fully saturated rings. The van der Waals surface area contributed by atoms with E-state index in [1.54, 1.807) is 6.08 Å². The summed E-state index contributed by atoms with van der Waals surface area (Å²) in [5.74, 6) is -0.286. The summed E-state index contributed by atoms with van der Waals surface area (Å²) >= 11 is 0. The lowest BCUT2D eigenvalue weighted by atomic mass is 9.96. The van der Waals surface area contributed by atoms with E-state index in [0.717, 1.165) is 44.9 Å². The molecule has 3 heterocycles. The maximum Gasteiger partial charge on any atom is 0.220 e. The SMILES string of the molecule is CCCCCCCCCCCCC/C=C/CC/C=C/CC/C=C/C(O)C(COC1OC(CO)C(OC2OC(CO)C(OC3OC(CO)C(O)C(O)C3O)C(O)C2O)C(O)C1O)NC(=O)CCCCCCCCCCCCCCCCCCCCCC. The van der Waals surface area contributed by atoms with E-state index in [1.807, 2.05) is 6.08 Å². The number of carbonyl (C=O) groups is 1. The molecule has 12 N–H and O–H groups in total. The highest BCUT2D eigenvalue weighted by Crippen LogP contribution is 2.33. The van der Waals surface area contributed by atoms with Gasteiger partial charge in [0.15, 0.2) is 18.9 Å². The summed E-state index contributed by atoms with van der Waals surface area (Å²) in [6, 6.07) is -0.994. The normalized spacial score (nSPS) is 29.0. The molecule has 0 aromatic heterocycles. The van der Waals surface area contributed by atoms with Crippen molar-refractivity contribution in [2.24, 2.45) is 0 Å². The third kappa shape index (κ3) is 31.8. The van der Waals surface area contributed by atoms with Gasteiger partial charge in [-0.1, -0.05) is 237 Å². The Morgan fingerprint density at radius 2 is 0.744 bits per heavy atom. The first-order valence-electron chi connectivity index (χ1n) is 34.2. The summed E-state index contributed by atoms with van der Waals surface area (Å²) in [5, 5.41) is 120. The zero-order valence-corrected chi connectivity index (χ0v) is 53.0. The van der Waals surface area contributed by atoms with Crippen molar-refractivity contribution in [1.29, 1.82) is 0 Å². The second-order valence-corrected chi connectivity index (χ2v) is 24.6. The van der Waals surface area contributed by atoms with Gasteiger partial charge in [-0.05, 0) is 44.9 Å². The van der Waals surface area contributed by atoms with Gasteiger partial charge in [0.1, 0.15) is 73.2 Å². The van der Waals surface area contributed by atoms with Crippen LogP contribution in [0.3, 0.4) is 0 Å². The second kappa shape index (κ2) is 49.7. The van der Waals surface area contributed by atoms with E-state index in [2.05, 4.69) is 43.5 Å². The van der Waals surface area contributed by atoms with Gasteiger partial charge >= 0.3 is 0 Å². The Labute approximate surface area is 517 Å². The van der Waals surface area contributed by atoms with Crippen molar-refractivity contribution in [2.45, 2.75) is 356 Å². The first-order valence-corrected chi connectivity index (χ1v) is 34.2. The first-order chi connectivity index (χ1) is 41.8. The number of aliphatic hydroxyl groups is 11. The van der Waals surface area contributed by atoms with Crippen molar-refractivity contribution < 1.29 is 89.4 Å². The van der Waals surface area contributed by atoms with Crippen LogP contribution in [0.2, 0.25) is 0 Å². The zero-order valence-electron chi connectivity index (χ0n) is 53.0. The van der Waals surface area contributed by atoms with E-state index >= 15 is 0 Å². The van der Waals surface area contributed by atoms with Crippen molar-refractivity contribution in [2.75, 3.05) is 26.4 Å². The van der Waals surface area contributed by atoms with Gasteiger partial charge in [-0.2, -0.15) is 0 Å². The molecule has 1 amide bonds. The molecule has 0 aromatic carbocycles. The standard InChI is InChI=1S/C67H123NO18/c1-3-5-7-9-11-13-15-17-19-21-23-25-26-28-30-32-34-36-38-40-42-44-51(72)50(68-55(73)45-43-41-39-37-35-33-31-29-27-24-22-20-18-16-14-12-10-8-6-4-2)49-81-65-61(79)58(76)63(53(47-70)83-65)86-67-62(80)59(77)64(54(48-71)84-67)85-66-60(78)57(75)56(74)52(46-69)82-66/h26,28,34,36,42,44,50-54,56-67,69-72,74-80H,3-25,27,29-33,35,37-41,43,45-49H2,1-2H3,(H,68,73)/b28-26+,36-34+,44-42+. The Morgan fingerprint density at radius 1 is 0.407 bits per heavy atom. The molecule has 0 spiro atoms. The minimum atomic E-state index is -1.98. The van der Waals surface area contributed by atoms with Crippen LogP contribution in [-0.2, 0) is 33.2 Å². The summed E-state index contributed by atoms with van der Waals surface area (Å²) in [4.78, 5) is 13.4. The predicted molar refractivity (Wildman–Crippen MR) is 333 cm³/mol. The third-order valence-electron chi connectivity index (χ3n) is 17.2. The minimum absolute atomic E-state index is 0.236. The molecule has 0 radical (unpaired) electrons. The molecule has 19 heteroatoms. The Balaban J connectivity index is 1.47. The van der Waals surface area contributed by atoms with E-state index in [1.165, 1.54) is 173 Å². The molecular weight excluding hydrogens is 1110 g/mol. The number of hydrogen-bond donors (Lipinski definition) is 12. The number of carbonyl (C=O) groups excluding carboxylic acids is 1. The number of rotatable bonds is 52. The van der Waals surface area contributed by atoms with Gasteiger partial charge in [0, 0.05) is 6.42 Å². The number of aliphatic hydroxyl groups excluding tert-OH is 11. The number of amides is 1. The second-order valence-electron chi connectivity index (χ2n) is 24.6. The van der Waals surface area contributed by atoms with Crippen molar-refractivity contribution >= 4 is 5.91 Å². The van der Waals surface area contributed by atoms with Gasteiger partial charge in [-0.15, -0.1) is 0 Å². The van der Waals surface area contributed by atoms with E-state index < -0.39 is 124 Å². The molecule has 3 aliphatic rings. The van der Waals surface area contributed by atoms with Crippen LogP contribution in [0.25, 0.3) is 0 Å². The van der Waals surface area contributed by atoms with Crippen LogP contribution in [0, 0.1) is 0 Å². The minimum Gasteiger partial charge on any atom is -0.394 e. The Hall–Kier alpha value is -1.99. The lowest BCUT2D eigenvalue weighted by Gasteiger charge is -2.48. The van der Waals surface area contributed by atoms with Gasteiger partial charge in [0.25, 0.3) is 0 Å². The van der Waals surface area contributed by atoms with Crippen molar-refractivity contribution in [3.05, 3.63) is 36.5 Å². The average molecular weight is 1230 g/mol. The van der Waals surface area contributed by atoms with Gasteiger partial charge < -0.3 is 89.9 Å². The molecular formula is C67H123NO18. The Bertz CT molecular complexity index is 1710. The lowest BCUT2D eigenvalue weighted by molar-refractivity contribution is -0.379. The fourth-order valence-electron chi connectivity index (χ4n) is 11.6. The van der Waals surface area contributed by atoms with Crippen LogP contribution in [0.1, 0.15) is 251 Å². The largest absolute Gasteiger partial charge is 0.394 e. The van der Waals surface area contributed by atoms with Gasteiger partial charge in [0.2, 0.25) is 5.91 Å². The van der Waals surface area contributed by atoms with Gasteiger partial charge in [-0.25, -0.2) is 0 Å². The monoisotopic (exact) mass is 1230 g/mol. The van der Waals surface area contributed by atoms with E-state index in [9.17, 15) is 61.0 Å². The highest BCUT2D eigenvalue weighted by atomic mass is 16.8. The molecule has 17 atom stereocenters. The number of ether oxygens (including phenoxy) is 6. The van der Waals surface area contributed by atoms with Gasteiger partial charge in [0.05, 0.1) is 38.6 Å². The maximum absolute atomic E-state index is 13.4. The quantitative estimate of drug-likeness (QED) is 0.0201. The van der Waals surface area contributed by atoms with Crippen LogP contribution in [0.5, 0.6) is 0 Å². The number of unbranched alkanes of at least 4 members (excludes halogenated alkanes) is 32. The third-order valence-corrected chi connectivity index (χ3v) is 17.2. The Kier molecular flexibility index (Phi) is 45.2. The van der Waals surface area contributed by atoms with Crippen molar-refractivity contribution in [1.82, 2.24) is 5.32 Å². The van der Waals surface area contributed by atoms with Crippen LogP contribution < -0.4 is 5.32 Å². The molecule has 17 unspecified atom stereocenters. The molecule has 19 nitrogen and oxygen atoms in total. The summed E-state index contributed by atoms with van der Waals surface area (Å²) in [6.07, 6.45) is 29.8. The van der Waals surface area contributed by atoms with E-state index in [-0.39, 0.29) is 18.9 Å². The van der Waals surface area contributed by atoms with Crippen molar-refractivity contribution in [3.8, 4) is 0 Å². The van der Waals surface area contributed by atoms with Crippen molar-refractivity contribution in [3.63, 3.8) is 0 Å². The molecule has 504 valence electrons. The summed E-state index contributed by atoms with van der Waals surface area (Å²) in [7, 11) is 0. The fourth-order valence-corrected chi connectivity index (χ4v) is 11.6. The summed E-state index contributed by atoms with van der Waals surface area (Å²) in [5.41, 5.74) is 0. The average Bonchev–Trinajstić information content (AvgIpc) is 3.17. The zero-order chi connectivity index (χ0) is 62.6. The van der Waals surface area contributed by atoms with Crippen LogP contribution in [0.4, 0.5) is 0 Å². The molecule has 86 heavy (non-hydrogen) atoms.